The van der Waals surface area contributed by atoms with E-state index in [0.29, 0.717) is 23.5 Å². The summed E-state index contributed by atoms with van der Waals surface area (Å²) in [5, 5.41) is 3.87. The van der Waals surface area contributed by atoms with E-state index in [2.05, 4.69) is 33.0 Å². The molecule has 82 valence electrons. The minimum atomic E-state index is 0.0323. The Morgan fingerprint density at radius 2 is 2.07 bits per heavy atom. The Bertz CT molecular complexity index is 225. The van der Waals surface area contributed by atoms with Crippen LogP contribution < -0.4 is 5.32 Å². The molecule has 14 heavy (non-hydrogen) atoms. The highest BCUT2D eigenvalue weighted by atomic mass is 32.2. The third-order valence-electron chi connectivity index (χ3n) is 2.73. The van der Waals surface area contributed by atoms with Crippen LogP contribution in [0.2, 0.25) is 0 Å². The summed E-state index contributed by atoms with van der Waals surface area (Å²) >= 11 is 1.90. The number of hydrogen-bond acceptors (Lipinski definition) is 3. The van der Waals surface area contributed by atoms with Crippen molar-refractivity contribution >= 4 is 17.5 Å². The molecule has 0 aromatic heterocycles. The molecule has 0 spiro atoms. The maximum atomic E-state index is 11.7. The number of nitrogens with one attached hydrogen (secondary N) is 1. The van der Waals surface area contributed by atoms with Crippen LogP contribution in [0.15, 0.2) is 0 Å². The first-order chi connectivity index (χ1) is 6.38. The Hall–Kier alpha value is -0.0200. The van der Waals surface area contributed by atoms with E-state index in [0.717, 1.165) is 0 Å². The molecule has 0 saturated carbocycles. The number of carbonyl (C=O) groups is 1. The maximum Gasteiger partial charge on any atom is 0.150 e. The Morgan fingerprint density at radius 3 is 2.43 bits per heavy atom. The third kappa shape index (κ3) is 2.31. The van der Waals surface area contributed by atoms with Crippen LogP contribution in [0.5, 0.6) is 0 Å². The zero-order chi connectivity index (χ0) is 10.9. The summed E-state index contributed by atoms with van der Waals surface area (Å²) < 4.78 is 0.0437. The zero-order valence-electron chi connectivity index (χ0n) is 9.76. The van der Waals surface area contributed by atoms with Gasteiger partial charge in [-0.15, -0.1) is 11.8 Å². The van der Waals surface area contributed by atoms with Crippen LogP contribution in [-0.2, 0) is 4.79 Å². The number of carbonyl (C=O) groups excluding carboxylic acids is 1. The maximum absolute atomic E-state index is 11.7. The number of rotatable bonds is 3. The van der Waals surface area contributed by atoms with Crippen molar-refractivity contribution in [3.8, 4) is 0 Å². The van der Waals surface area contributed by atoms with E-state index in [1.165, 1.54) is 0 Å². The Balaban J connectivity index is 2.74. The van der Waals surface area contributed by atoms with Crippen molar-refractivity contribution in [2.24, 2.45) is 5.92 Å². The van der Waals surface area contributed by atoms with E-state index >= 15 is 0 Å². The van der Waals surface area contributed by atoms with Gasteiger partial charge in [0.05, 0.1) is 11.4 Å². The summed E-state index contributed by atoms with van der Waals surface area (Å²) in [5.74, 6) is 0.916. The fourth-order valence-electron chi connectivity index (χ4n) is 1.81. The zero-order valence-corrected chi connectivity index (χ0v) is 10.6. The minimum Gasteiger partial charge on any atom is -0.298 e. The molecule has 0 aromatic rings. The van der Waals surface area contributed by atoms with Gasteiger partial charge in [0, 0.05) is 11.2 Å². The van der Waals surface area contributed by atoms with E-state index in [1.54, 1.807) is 0 Å². The number of thioether (sulfide) groups is 1. The van der Waals surface area contributed by atoms with Gasteiger partial charge in [-0.25, -0.2) is 0 Å². The van der Waals surface area contributed by atoms with Gasteiger partial charge in [-0.2, -0.15) is 0 Å². The van der Waals surface area contributed by atoms with Gasteiger partial charge in [0.2, 0.25) is 0 Å². The van der Waals surface area contributed by atoms with E-state index in [-0.39, 0.29) is 10.8 Å². The van der Waals surface area contributed by atoms with Gasteiger partial charge in [0.15, 0.2) is 5.78 Å². The van der Waals surface area contributed by atoms with Crippen molar-refractivity contribution in [3.05, 3.63) is 0 Å². The summed E-state index contributed by atoms with van der Waals surface area (Å²) in [6.07, 6.45) is 0.631. The molecule has 1 saturated heterocycles. The van der Waals surface area contributed by atoms with Crippen molar-refractivity contribution in [3.63, 3.8) is 0 Å². The summed E-state index contributed by atoms with van der Waals surface area (Å²) in [4.78, 5) is 11.7. The van der Waals surface area contributed by atoms with Gasteiger partial charge in [0.25, 0.3) is 0 Å². The molecule has 1 N–H and O–H groups in total. The second kappa shape index (κ2) is 4.23. The third-order valence-corrected chi connectivity index (χ3v) is 4.51. The Labute approximate surface area is 91.2 Å². The molecule has 1 heterocycles. The van der Waals surface area contributed by atoms with Gasteiger partial charge in [-0.05, 0) is 19.8 Å². The second-order valence-electron chi connectivity index (χ2n) is 4.81. The lowest BCUT2D eigenvalue weighted by molar-refractivity contribution is -0.121. The van der Waals surface area contributed by atoms with Gasteiger partial charge in [0.1, 0.15) is 0 Å². The van der Waals surface area contributed by atoms with Gasteiger partial charge < -0.3 is 0 Å². The Morgan fingerprint density at radius 1 is 1.50 bits per heavy atom. The van der Waals surface area contributed by atoms with E-state index in [1.807, 2.05) is 18.7 Å². The fraction of sp³-hybridized carbons (Fsp3) is 0.909. The normalized spacial score (nSPS) is 31.0. The molecule has 2 atom stereocenters. The Kier molecular flexibility index (Phi) is 3.64. The van der Waals surface area contributed by atoms with Crippen LogP contribution in [0.25, 0.3) is 0 Å². The quantitative estimate of drug-likeness (QED) is 0.784. The lowest BCUT2D eigenvalue weighted by atomic mass is 9.97. The SMILES string of the molecule is CCC(=O)C1NC(C(C)C)SC1(C)C. The van der Waals surface area contributed by atoms with Crippen LogP contribution in [0, 0.1) is 5.92 Å². The van der Waals surface area contributed by atoms with Gasteiger partial charge in [-0.1, -0.05) is 20.8 Å². The van der Waals surface area contributed by atoms with Crippen LogP contribution in [0.1, 0.15) is 41.0 Å². The molecule has 1 aliphatic heterocycles. The van der Waals surface area contributed by atoms with Crippen LogP contribution in [-0.4, -0.2) is 21.9 Å². The number of ketones is 1. The van der Waals surface area contributed by atoms with E-state index in [4.69, 9.17) is 0 Å². The van der Waals surface area contributed by atoms with E-state index in [9.17, 15) is 4.79 Å². The van der Waals surface area contributed by atoms with Crippen LogP contribution >= 0.6 is 11.8 Å². The first-order valence-corrected chi connectivity index (χ1v) is 6.23. The molecule has 2 nitrogen and oxygen atoms in total. The average Bonchev–Trinajstić information content (AvgIpc) is 2.40. The minimum absolute atomic E-state index is 0.0323. The molecule has 3 heteroatoms. The summed E-state index contributed by atoms with van der Waals surface area (Å²) in [6, 6.07) is 0.0323. The average molecular weight is 215 g/mol. The molecule has 0 aromatic carbocycles. The first kappa shape index (κ1) is 12.1. The second-order valence-corrected chi connectivity index (χ2v) is 6.60. The molecular weight excluding hydrogens is 194 g/mol. The summed E-state index contributed by atoms with van der Waals surface area (Å²) in [7, 11) is 0. The van der Waals surface area contributed by atoms with E-state index < -0.39 is 0 Å². The molecule has 0 aliphatic carbocycles. The summed E-state index contributed by atoms with van der Waals surface area (Å²) in [5.41, 5.74) is 0. The summed E-state index contributed by atoms with van der Waals surface area (Å²) in [6.45, 7) is 10.6. The lowest BCUT2D eigenvalue weighted by Crippen LogP contribution is -2.45. The highest BCUT2D eigenvalue weighted by Crippen LogP contribution is 2.40. The van der Waals surface area contributed by atoms with Gasteiger partial charge in [-0.3, -0.25) is 10.1 Å². The standard InChI is InChI=1S/C11H21NOS/c1-6-8(13)9-11(4,5)14-10(12-9)7(2)3/h7,9-10,12H,6H2,1-5H3. The van der Waals surface area contributed by atoms with Crippen LogP contribution in [0.4, 0.5) is 0 Å². The molecule has 1 aliphatic rings. The number of hydrogen-bond donors (Lipinski definition) is 1. The van der Waals surface area contributed by atoms with Crippen molar-refractivity contribution in [2.45, 2.75) is 57.2 Å². The lowest BCUT2D eigenvalue weighted by Gasteiger charge is -2.23. The monoisotopic (exact) mass is 215 g/mol. The highest BCUT2D eigenvalue weighted by Gasteiger charge is 2.44. The fourth-order valence-corrected chi connectivity index (χ4v) is 3.27. The largest absolute Gasteiger partial charge is 0.298 e. The molecule has 2 unspecified atom stereocenters. The van der Waals surface area contributed by atoms with Crippen molar-refractivity contribution in [2.75, 3.05) is 0 Å². The van der Waals surface area contributed by atoms with Crippen molar-refractivity contribution < 1.29 is 4.79 Å². The smallest absolute Gasteiger partial charge is 0.150 e. The highest BCUT2D eigenvalue weighted by molar-refractivity contribution is 8.01. The molecular formula is C11H21NOS. The molecule has 1 rings (SSSR count). The topological polar surface area (TPSA) is 29.1 Å². The number of Topliss-reactive ketones (excluding diaryl/α,β-unsaturated/α-hetero) is 1. The molecule has 1 fully saturated rings. The van der Waals surface area contributed by atoms with Crippen LogP contribution in [0.3, 0.4) is 0 Å². The molecule has 0 bridgehead atoms. The molecule has 0 amide bonds. The first-order valence-electron chi connectivity index (χ1n) is 5.35. The predicted molar refractivity (Wildman–Crippen MR) is 62.5 cm³/mol. The van der Waals surface area contributed by atoms with Crippen molar-refractivity contribution in [1.82, 2.24) is 5.32 Å². The molecule has 0 radical (unpaired) electrons. The predicted octanol–water partition coefficient (Wildman–Crippen LogP) is 2.43. The van der Waals surface area contributed by atoms with Crippen molar-refractivity contribution in [1.29, 1.82) is 0 Å². The van der Waals surface area contributed by atoms with Gasteiger partial charge >= 0.3 is 0 Å².